The van der Waals surface area contributed by atoms with Gasteiger partial charge in [0.15, 0.2) is 0 Å². The maximum absolute atomic E-state index is 6.32. The molecule has 2 nitrogen and oxygen atoms in total. The van der Waals surface area contributed by atoms with Gasteiger partial charge < -0.3 is 10.5 Å². The molecule has 2 N–H and O–H groups in total. The summed E-state index contributed by atoms with van der Waals surface area (Å²) in [7, 11) is 0. The zero-order valence-electron chi connectivity index (χ0n) is 12.8. The normalized spacial score (nSPS) is 11.5. The van der Waals surface area contributed by atoms with Crippen LogP contribution in [0.15, 0.2) is 42.5 Å². The fourth-order valence-corrected chi connectivity index (χ4v) is 2.48. The van der Waals surface area contributed by atoms with Crippen LogP contribution in [0.1, 0.15) is 31.9 Å². The molecule has 0 heterocycles. The average molecular weight is 304 g/mol. The van der Waals surface area contributed by atoms with Crippen molar-refractivity contribution in [2.75, 3.05) is 6.54 Å². The molecule has 3 heteroatoms. The molecular formula is C18H22ClNO. The van der Waals surface area contributed by atoms with E-state index in [4.69, 9.17) is 22.1 Å². The summed E-state index contributed by atoms with van der Waals surface area (Å²) in [5, 5.41) is 0.615. The van der Waals surface area contributed by atoms with Crippen molar-refractivity contribution >= 4 is 11.6 Å². The minimum atomic E-state index is 0.0164. The number of hydrogen-bond acceptors (Lipinski definition) is 2. The fourth-order valence-electron chi connectivity index (χ4n) is 2.24. The van der Waals surface area contributed by atoms with Crippen LogP contribution in [0.3, 0.4) is 0 Å². The largest absolute Gasteiger partial charge is 0.455 e. The highest BCUT2D eigenvalue weighted by Gasteiger charge is 2.19. The van der Waals surface area contributed by atoms with Crippen molar-refractivity contribution in [1.29, 1.82) is 0 Å². The number of rotatable bonds is 4. The second-order valence-electron chi connectivity index (χ2n) is 6.15. The lowest BCUT2D eigenvalue weighted by Crippen LogP contribution is -2.12. The molecule has 0 atom stereocenters. The third kappa shape index (κ3) is 3.99. The fraction of sp³-hybridized carbons (Fsp3) is 0.333. The molecule has 0 aromatic heterocycles. The van der Waals surface area contributed by atoms with Crippen LogP contribution < -0.4 is 10.5 Å². The van der Waals surface area contributed by atoms with E-state index in [9.17, 15) is 0 Å². The number of para-hydroxylation sites is 1. The molecule has 0 aliphatic rings. The molecule has 0 unspecified atom stereocenters. The standard InChI is InChI=1S/C18H22ClNO/c1-18(2,3)14-6-4-5-7-16(14)21-17-9-8-13(10-11-20)12-15(17)19/h4-9,12H,10-11,20H2,1-3H3. The van der Waals surface area contributed by atoms with Crippen LogP contribution in [-0.2, 0) is 11.8 Å². The monoisotopic (exact) mass is 303 g/mol. The predicted octanol–water partition coefficient (Wildman–Crippen LogP) is 4.93. The minimum absolute atomic E-state index is 0.0164. The highest BCUT2D eigenvalue weighted by molar-refractivity contribution is 6.32. The first-order valence-electron chi connectivity index (χ1n) is 7.17. The topological polar surface area (TPSA) is 35.2 Å². The van der Waals surface area contributed by atoms with Crippen LogP contribution >= 0.6 is 11.6 Å². The Balaban J connectivity index is 2.31. The minimum Gasteiger partial charge on any atom is -0.455 e. The van der Waals surface area contributed by atoms with E-state index >= 15 is 0 Å². The van der Waals surface area contributed by atoms with E-state index in [1.54, 1.807) is 0 Å². The van der Waals surface area contributed by atoms with Crippen LogP contribution in [0.4, 0.5) is 0 Å². The highest BCUT2D eigenvalue weighted by atomic mass is 35.5. The van der Waals surface area contributed by atoms with E-state index in [1.807, 2.05) is 36.4 Å². The Hall–Kier alpha value is -1.51. The summed E-state index contributed by atoms with van der Waals surface area (Å²) in [6, 6.07) is 13.9. The Morgan fingerprint density at radius 3 is 2.38 bits per heavy atom. The van der Waals surface area contributed by atoms with E-state index in [0.29, 0.717) is 17.3 Å². The van der Waals surface area contributed by atoms with Crippen LogP contribution in [0.25, 0.3) is 0 Å². The number of halogens is 1. The summed E-state index contributed by atoms with van der Waals surface area (Å²) in [5.41, 5.74) is 7.87. The van der Waals surface area contributed by atoms with Crippen LogP contribution in [0.2, 0.25) is 5.02 Å². The van der Waals surface area contributed by atoms with E-state index in [-0.39, 0.29) is 5.41 Å². The Bertz CT molecular complexity index is 617. The molecule has 0 spiro atoms. The molecule has 21 heavy (non-hydrogen) atoms. The summed E-state index contributed by atoms with van der Waals surface area (Å²) in [5.74, 6) is 1.52. The maximum Gasteiger partial charge on any atom is 0.146 e. The van der Waals surface area contributed by atoms with Crippen LogP contribution in [0, 0.1) is 0 Å². The molecule has 2 rings (SSSR count). The molecule has 2 aromatic rings. The van der Waals surface area contributed by atoms with E-state index < -0.39 is 0 Å². The summed E-state index contributed by atoms with van der Waals surface area (Å²) >= 11 is 6.32. The first kappa shape index (κ1) is 15.9. The Kier molecular flexibility index (Phi) is 4.92. The van der Waals surface area contributed by atoms with Gasteiger partial charge in [-0.2, -0.15) is 0 Å². The third-order valence-corrected chi connectivity index (χ3v) is 3.64. The Labute approximate surface area is 131 Å². The molecule has 0 aliphatic carbocycles. The summed E-state index contributed by atoms with van der Waals surface area (Å²) in [6.45, 7) is 7.12. The first-order valence-corrected chi connectivity index (χ1v) is 7.55. The molecule has 0 fully saturated rings. The van der Waals surface area contributed by atoms with E-state index in [2.05, 4.69) is 26.8 Å². The number of benzene rings is 2. The third-order valence-electron chi connectivity index (χ3n) is 3.34. The highest BCUT2D eigenvalue weighted by Crippen LogP contribution is 2.36. The maximum atomic E-state index is 6.32. The summed E-state index contributed by atoms with van der Waals surface area (Å²) in [6.07, 6.45) is 0.818. The average Bonchev–Trinajstić information content (AvgIpc) is 2.42. The first-order chi connectivity index (χ1) is 9.91. The van der Waals surface area contributed by atoms with E-state index in [1.165, 1.54) is 0 Å². The van der Waals surface area contributed by atoms with Crippen LogP contribution in [0.5, 0.6) is 11.5 Å². The zero-order valence-corrected chi connectivity index (χ0v) is 13.6. The molecule has 0 saturated carbocycles. The van der Waals surface area contributed by atoms with Crippen molar-refractivity contribution in [3.8, 4) is 11.5 Å². The van der Waals surface area contributed by atoms with Crippen molar-refractivity contribution in [2.24, 2.45) is 5.73 Å². The van der Waals surface area contributed by atoms with Gasteiger partial charge in [-0.15, -0.1) is 0 Å². The summed E-state index contributed by atoms with van der Waals surface area (Å²) in [4.78, 5) is 0. The van der Waals surface area contributed by atoms with Crippen molar-refractivity contribution in [1.82, 2.24) is 0 Å². The van der Waals surface area contributed by atoms with Gasteiger partial charge in [0, 0.05) is 5.56 Å². The van der Waals surface area contributed by atoms with Gasteiger partial charge in [0.2, 0.25) is 0 Å². The molecule has 0 amide bonds. The molecule has 0 bridgehead atoms. The molecule has 0 radical (unpaired) electrons. The molecule has 112 valence electrons. The lowest BCUT2D eigenvalue weighted by atomic mass is 9.86. The predicted molar refractivity (Wildman–Crippen MR) is 89.4 cm³/mol. The zero-order chi connectivity index (χ0) is 15.5. The number of ether oxygens (including phenoxy) is 1. The Morgan fingerprint density at radius 1 is 1.05 bits per heavy atom. The van der Waals surface area contributed by atoms with Gasteiger partial charge in [-0.05, 0) is 42.1 Å². The van der Waals surface area contributed by atoms with Crippen LogP contribution in [-0.4, -0.2) is 6.54 Å². The number of hydrogen-bond donors (Lipinski definition) is 1. The van der Waals surface area contributed by atoms with Gasteiger partial charge >= 0.3 is 0 Å². The van der Waals surface area contributed by atoms with Gasteiger partial charge in [0.1, 0.15) is 11.5 Å². The second-order valence-corrected chi connectivity index (χ2v) is 6.56. The molecular weight excluding hydrogens is 282 g/mol. The lowest BCUT2D eigenvalue weighted by molar-refractivity contribution is 0.455. The molecule has 0 saturated heterocycles. The summed E-state index contributed by atoms with van der Waals surface area (Å²) < 4.78 is 6.04. The SMILES string of the molecule is CC(C)(C)c1ccccc1Oc1ccc(CCN)cc1Cl. The van der Waals surface area contributed by atoms with E-state index in [0.717, 1.165) is 23.3 Å². The molecule has 0 aliphatic heterocycles. The van der Waals surface area contributed by atoms with Gasteiger partial charge in [-0.25, -0.2) is 0 Å². The second kappa shape index (κ2) is 6.50. The van der Waals surface area contributed by atoms with Crippen molar-refractivity contribution in [3.63, 3.8) is 0 Å². The Morgan fingerprint density at radius 2 is 1.76 bits per heavy atom. The van der Waals surface area contributed by atoms with Gasteiger partial charge in [0.25, 0.3) is 0 Å². The van der Waals surface area contributed by atoms with Gasteiger partial charge in [0.05, 0.1) is 5.02 Å². The lowest BCUT2D eigenvalue weighted by Gasteiger charge is -2.22. The van der Waals surface area contributed by atoms with Gasteiger partial charge in [-0.3, -0.25) is 0 Å². The van der Waals surface area contributed by atoms with Crippen molar-refractivity contribution in [2.45, 2.75) is 32.6 Å². The smallest absolute Gasteiger partial charge is 0.146 e. The van der Waals surface area contributed by atoms with Crippen molar-refractivity contribution in [3.05, 3.63) is 58.6 Å². The molecule has 2 aromatic carbocycles. The number of nitrogens with two attached hydrogens (primary N) is 1. The van der Waals surface area contributed by atoms with Crippen molar-refractivity contribution < 1.29 is 4.74 Å². The quantitative estimate of drug-likeness (QED) is 0.869. The van der Waals surface area contributed by atoms with Gasteiger partial charge in [-0.1, -0.05) is 56.6 Å².